The Labute approximate surface area is 122 Å². The third-order valence-corrected chi connectivity index (χ3v) is 4.81. The summed E-state index contributed by atoms with van der Waals surface area (Å²) in [6.45, 7) is 1.47. The minimum atomic E-state index is -4.00. The molecule has 0 radical (unpaired) electrons. The topological polar surface area (TPSA) is 71.4 Å². The van der Waals surface area contributed by atoms with Gasteiger partial charge >= 0.3 is 5.97 Å². The minimum Gasteiger partial charge on any atom is -0.478 e. The minimum absolute atomic E-state index is 0.164. The van der Waals surface area contributed by atoms with Gasteiger partial charge in [-0.15, -0.1) is 0 Å². The highest BCUT2D eigenvalue weighted by Crippen LogP contribution is 2.26. The van der Waals surface area contributed by atoms with Gasteiger partial charge in [0, 0.05) is 10.0 Å². The molecule has 4 nitrogen and oxygen atoms in total. The molecule has 0 saturated carbocycles. The highest BCUT2D eigenvalue weighted by Gasteiger charge is 2.25. The Kier molecular flexibility index (Phi) is 5.11. The largest absolute Gasteiger partial charge is 0.478 e. The summed E-state index contributed by atoms with van der Waals surface area (Å²) in [7, 11) is -4.00. The summed E-state index contributed by atoms with van der Waals surface area (Å²) in [4.78, 5) is 10.2. The zero-order valence-corrected chi connectivity index (χ0v) is 12.8. The average Bonchev–Trinajstić information content (AvgIpc) is 2.30. The SMILES string of the molecule is C/C(=C/Cl)CS(=O)(=O)c1cc(Br)cc(C(=O)O)c1F. The van der Waals surface area contributed by atoms with Crippen LogP contribution in [-0.2, 0) is 9.84 Å². The summed E-state index contributed by atoms with van der Waals surface area (Å²) < 4.78 is 38.1. The molecule has 1 N–H and O–H groups in total. The molecule has 0 aromatic heterocycles. The van der Waals surface area contributed by atoms with Crippen molar-refractivity contribution < 1.29 is 22.7 Å². The zero-order valence-electron chi connectivity index (χ0n) is 9.65. The second kappa shape index (κ2) is 6.02. The highest BCUT2D eigenvalue weighted by molar-refractivity contribution is 9.10. The van der Waals surface area contributed by atoms with E-state index in [1.807, 2.05) is 0 Å². The Morgan fingerprint density at radius 1 is 1.53 bits per heavy atom. The van der Waals surface area contributed by atoms with Crippen molar-refractivity contribution in [2.24, 2.45) is 0 Å². The maximum Gasteiger partial charge on any atom is 0.338 e. The molecule has 0 saturated heterocycles. The van der Waals surface area contributed by atoms with Crippen LogP contribution in [0.1, 0.15) is 17.3 Å². The van der Waals surface area contributed by atoms with Gasteiger partial charge in [0.1, 0.15) is 4.90 Å². The standard InChI is InChI=1S/C11H9BrClFO4S/c1-6(4-13)5-19(17,18)9-3-7(12)2-8(10(9)14)11(15)16/h2-4H,5H2,1H3,(H,15,16)/b6-4-. The monoisotopic (exact) mass is 370 g/mol. The number of benzene rings is 1. The molecule has 0 spiro atoms. The zero-order chi connectivity index (χ0) is 14.8. The van der Waals surface area contributed by atoms with E-state index in [9.17, 15) is 17.6 Å². The number of carboxylic acids is 1. The lowest BCUT2D eigenvalue weighted by atomic mass is 10.2. The fourth-order valence-corrected chi connectivity index (χ4v) is 3.66. The van der Waals surface area contributed by atoms with Crippen molar-refractivity contribution in [2.45, 2.75) is 11.8 Å². The number of hydrogen-bond donors (Lipinski definition) is 1. The number of rotatable bonds is 4. The average molecular weight is 372 g/mol. The van der Waals surface area contributed by atoms with E-state index in [1.54, 1.807) is 0 Å². The van der Waals surface area contributed by atoms with E-state index in [0.717, 1.165) is 17.7 Å². The van der Waals surface area contributed by atoms with E-state index in [2.05, 4.69) is 15.9 Å². The van der Waals surface area contributed by atoms with Crippen molar-refractivity contribution in [3.05, 3.63) is 39.1 Å². The molecule has 1 aromatic carbocycles. The van der Waals surface area contributed by atoms with Crippen LogP contribution in [0.3, 0.4) is 0 Å². The van der Waals surface area contributed by atoms with Crippen molar-refractivity contribution in [1.82, 2.24) is 0 Å². The Bertz CT molecular complexity index is 655. The lowest BCUT2D eigenvalue weighted by Gasteiger charge is -2.08. The molecule has 1 rings (SSSR count). The van der Waals surface area contributed by atoms with Gasteiger partial charge in [-0.3, -0.25) is 0 Å². The lowest BCUT2D eigenvalue weighted by molar-refractivity contribution is 0.0691. The molecule has 0 unspecified atom stereocenters. The molecule has 0 atom stereocenters. The van der Waals surface area contributed by atoms with Crippen LogP contribution in [0.5, 0.6) is 0 Å². The quantitative estimate of drug-likeness (QED) is 0.882. The molecule has 0 amide bonds. The van der Waals surface area contributed by atoms with Gasteiger partial charge in [-0.05, 0) is 24.6 Å². The Hall–Kier alpha value is -0.920. The molecular weight excluding hydrogens is 363 g/mol. The van der Waals surface area contributed by atoms with E-state index < -0.39 is 37.8 Å². The predicted molar refractivity (Wildman–Crippen MR) is 72.7 cm³/mol. The number of carboxylic acid groups (broad SMARTS) is 1. The third kappa shape index (κ3) is 3.77. The van der Waals surface area contributed by atoms with Crippen LogP contribution in [-0.4, -0.2) is 25.2 Å². The van der Waals surface area contributed by atoms with Gasteiger partial charge in [-0.1, -0.05) is 27.5 Å². The van der Waals surface area contributed by atoms with Crippen LogP contribution in [0.25, 0.3) is 0 Å². The first-order valence-electron chi connectivity index (χ1n) is 4.90. The van der Waals surface area contributed by atoms with Crippen LogP contribution in [0.2, 0.25) is 0 Å². The van der Waals surface area contributed by atoms with E-state index in [1.165, 1.54) is 6.92 Å². The normalized spacial score (nSPS) is 12.5. The summed E-state index contributed by atoms with van der Waals surface area (Å²) in [5.74, 6) is -3.30. The molecule has 0 aliphatic rings. The maximum absolute atomic E-state index is 13.9. The summed E-state index contributed by atoms with van der Waals surface area (Å²) in [6, 6.07) is 2.03. The Morgan fingerprint density at radius 2 is 2.11 bits per heavy atom. The summed E-state index contributed by atoms with van der Waals surface area (Å²) >= 11 is 8.33. The van der Waals surface area contributed by atoms with Gasteiger partial charge in [0.2, 0.25) is 0 Å². The molecule has 0 bridgehead atoms. The summed E-state index contributed by atoms with van der Waals surface area (Å²) in [5.41, 5.74) is 0.685. The number of halogens is 3. The highest BCUT2D eigenvalue weighted by atomic mass is 79.9. The molecule has 104 valence electrons. The van der Waals surface area contributed by atoms with Gasteiger partial charge in [-0.25, -0.2) is 17.6 Å². The van der Waals surface area contributed by atoms with E-state index in [-0.39, 0.29) is 4.47 Å². The molecule has 0 heterocycles. The van der Waals surface area contributed by atoms with Gasteiger partial charge in [0.15, 0.2) is 15.7 Å². The second-order valence-corrected chi connectivity index (χ2v) is 6.88. The second-order valence-electron chi connectivity index (χ2n) is 3.79. The molecule has 0 aliphatic carbocycles. The van der Waals surface area contributed by atoms with Gasteiger partial charge in [0.25, 0.3) is 0 Å². The van der Waals surface area contributed by atoms with Crippen molar-refractivity contribution in [2.75, 3.05) is 5.75 Å². The summed E-state index contributed by atoms with van der Waals surface area (Å²) in [5, 5.41) is 8.82. The van der Waals surface area contributed by atoms with Crippen molar-refractivity contribution in [3.63, 3.8) is 0 Å². The molecule has 19 heavy (non-hydrogen) atoms. The van der Waals surface area contributed by atoms with Gasteiger partial charge in [0.05, 0.1) is 11.3 Å². The first-order chi connectivity index (χ1) is 8.69. The number of sulfone groups is 1. The van der Waals surface area contributed by atoms with Gasteiger partial charge in [-0.2, -0.15) is 0 Å². The van der Waals surface area contributed by atoms with Crippen LogP contribution in [0.4, 0.5) is 4.39 Å². The van der Waals surface area contributed by atoms with Crippen LogP contribution in [0, 0.1) is 5.82 Å². The molecule has 0 fully saturated rings. The third-order valence-electron chi connectivity index (χ3n) is 2.17. The molecular formula is C11H9BrClFO4S. The number of hydrogen-bond acceptors (Lipinski definition) is 3. The van der Waals surface area contributed by atoms with Crippen LogP contribution >= 0.6 is 27.5 Å². The van der Waals surface area contributed by atoms with E-state index in [0.29, 0.717) is 5.57 Å². The van der Waals surface area contributed by atoms with E-state index in [4.69, 9.17) is 16.7 Å². The Balaban J connectivity index is 3.47. The lowest BCUT2D eigenvalue weighted by Crippen LogP contribution is -2.13. The smallest absolute Gasteiger partial charge is 0.338 e. The fourth-order valence-electron chi connectivity index (χ4n) is 1.36. The fraction of sp³-hybridized carbons (Fsp3) is 0.182. The van der Waals surface area contributed by atoms with Crippen molar-refractivity contribution in [3.8, 4) is 0 Å². The van der Waals surface area contributed by atoms with Crippen molar-refractivity contribution >= 4 is 43.3 Å². The summed E-state index contributed by atoms with van der Waals surface area (Å²) in [6.07, 6.45) is 0. The van der Waals surface area contributed by atoms with Crippen LogP contribution in [0.15, 0.2) is 32.6 Å². The number of carbonyl (C=O) groups is 1. The Morgan fingerprint density at radius 3 is 2.58 bits per heavy atom. The first kappa shape index (κ1) is 16.1. The molecule has 8 heteroatoms. The maximum atomic E-state index is 13.9. The number of aromatic carboxylic acids is 1. The first-order valence-corrected chi connectivity index (χ1v) is 7.78. The van der Waals surface area contributed by atoms with Gasteiger partial charge < -0.3 is 5.11 Å². The molecule has 0 aliphatic heterocycles. The molecule has 1 aromatic rings. The van der Waals surface area contributed by atoms with Crippen molar-refractivity contribution in [1.29, 1.82) is 0 Å². The predicted octanol–water partition coefficient (Wildman–Crippen LogP) is 3.20. The van der Waals surface area contributed by atoms with E-state index >= 15 is 0 Å². The van der Waals surface area contributed by atoms with Crippen LogP contribution < -0.4 is 0 Å².